The Bertz CT molecular complexity index is 502. The molecule has 2 aliphatic carbocycles. The third kappa shape index (κ3) is 1.64. The molecule has 0 saturated heterocycles. The van der Waals surface area contributed by atoms with E-state index in [0.29, 0.717) is 0 Å². The molecule has 1 heterocycles. The van der Waals surface area contributed by atoms with E-state index in [2.05, 4.69) is 20.8 Å². The van der Waals surface area contributed by atoms with Gasteiger partial charge in [0.15, 0.2) is 0 Å². The number of ether oxygens (including phenoxy) is 2. The van der Waals surface area contributed by atoms with Gasteiger partial charge in [0.05, 0.1) is 0 Å². The molecule has 1 fully saturated rings. The standard InChI is InChI=1S/C16H22O3/c1-10-7-13-9-15(3,11(10)2)6-5-12-8-14(17)19-16(12,13)18-4/h8,13H,5-7,9H2,1-4H3/t13-,15+,16-/m0/s1. The zero-order valence-electron chi connectivity index (χ0n) is 12.2. The maximum Gasteiger partial charge on any atom is 0.333 e. The van der Waals surface area contributed by atoms with Gasteiger partial charge in [0.2, 0.25) is 5.79 Å². The molecule has 3 aliphatic rings. The van der Waals surface area contributed by atoms with E-state index in [0.717, 1.165) is 31.3 Å². The molecular formula is C16H22O3. The Hall–Kier alpha value is -1.09. The number of fused-ring (bicyclic) bond motifs is 4. The SMILES string of the molecule is CO[C@]12OC(=O)C=C1CC[C@]1(C)C[C@@H]2CC(C)=C1C. The molecule has 104 valence electrons. The highest BCUT2D eigenvalue weighted by atomic mass is 16.7. The van der Waals surface area contributed by atoms with Crippen LogP contribution in [-0.2, 0) is 14.3 Å². The van der Waals surface area contributed by atoms with Crippen LogP contribution in [0.25, 0.3) is 0 Å². The first-order valence-corrected chi connectivity index (χ1v) is 7.07. The number of hydrogen-bond acceptors (Lipinski definition) is 3. The Balaban J connectivity index is 2.10. The fourth-order valence-electron chi connectivity index (χ4n) is 4.19. The average Bonchev–Trinajstić information content (AvgIpc) is 2.66. The van der Waals surface area contributed by atoms with Gasteiger partial charge in [-0.2, -0.15) is 0 Å². The van der Waals surface area contributed by atoms with E-state index < -0.39 is 5.79 Å². The van der Waals surface area contributed by atoms with Crippen molar-refractivity contribution >= 4 is 5.97 Å². The maximum absolute atomic E-state index is 11.7. The monoisotopic (exact) mass is 262 g/mol. The number of esters is 1. The van der Waals surface area contributed by atoms with E-state index in [1.807, 2.05) is 0 Å². The van der Waals surface area contributed by atoms with Crippen LogP contribution in [0.1, 0.15) is 46.5 Å². The lowest BCUT2D eigenvalue weighted by Crippen LogP contribution is -2.44. The molecule has 3 rings (SSSR count). The van der Waals surface area contributed by atoms with Crippen molar-refractivity contribution in [1.29, 1.82) is 0 Å². The van der Waals surface area contributed by atoms with Crippen LogP contribution in [0.5, 0.6) is 0 Å². The summed E-state index contributed by atoms with van der Waals surface area (Å²) in [5, 5.41) is 0. The molecular weight excluding hydrogens is 240 g/mol. The van der Waals surface area contributed by atoms with Gasteiger partial charge in [0.25, 0.3) is 0 Å². The van der Waals surface area contributed by atoms with Crippen LogP contribution in [-0.4, -0.2) is 18.9 Å². The van der Waals surface area contributed by atoms with Crippen LogP contribution in [0.2, 0.25) is 0 Å². The predicted octanol–water partition coefficient (Wildman–Crippen LogP) is 3.36. The number of carbonyl (C=O) groups excluding carboxylic acids is 1. The average molecular weight is 262 g/mol. The van der Waals surface area contributed by atoms with Crippen molar-refractivity contribution in [2.45, 2.75) is 52.2 Å². The van der Waals surface area contributed by atoms with E-state index in [1.54, 1.807) is 13.2 Å². The van der Waals surface area contributed by atoms with E-state index in [-0.39, 0.29) is 17.3 Å². The van der Waals surface area contributed by atoms with E-state index in [1.165, 1.54) is 11.1 Å². The first-order chi connectivity index (χ1) is 8.91. The van der Waals surface area contributed by atoms with Crippen LogP contribution in [0.3, 0.4) is 0 Å². The number of allylic oxidation sites excluding steroid dienone is 2. The van der Waals surface area contributed by atoms with E-state index in [9.17, 15) is 4.79 Å². The molecule has 0 unspecified atom stereocenters. The van der Waals surface area contributed by atoms with Gasteiger partial charge in [-0.05, 0) is 44.9 Å². The van der Waals surface area contributed by atoms with Gasteiger partial charge < -0.3 is 9.47 Å². The molecule has 0 aromatic carbocycles. The third-order valence-corrected chi connectivity index (χ3v) is 5.57. The van der Waals surface area contributed by atoms with E-state index >= 15 is 0 Å². The second kappa shape index (κ2) is 3.95. The quantitative estimate of drug-likeness (QED) is 0.537. The van der Waals surface area contributed by atoms with Gasteiger partial charge in [-0.3, -0.25) is 0 Å². The number of methoxy groups -OCH3 is 1. The molecule has 0 aromatic rings. The zero-order chi connectivity index (χ0) is 13.8. The van der Waals surface area contributed by atoms with Gasteiger partial charge in [-0.25, -0.2) is 4.79 Å². The number of carbonyl (C=O) groups is 1. The van der Waals surface area contributed by atoms with Crippen molar-refractivity contribution in [2.24, 2.45) is 11.3 Å². The Kier molecular flexibility index (Phi) is 2.69. The maximum atomic E-state index is 11.7. The van der Waals surface area contributed by atoms with Crippen LogP contribution in [0.15, 0.2) is 22.8 Å². The van der Waals surface area contributed by atoms with Crippen molar-refractivity contribution in [3.63, 3.8) is 0 Å². The fourth-order valence-corrected chi connectivity index (χ4v) is 4.19. The summed E-state index contributed by atoms with van der Waals surface area (Å²) >= 11 is 0. The molecule has 2 bridgehead atoms. The molecule has 3 nitrogen and oxygen atoms in total. The van der Waals surface area contributed by atoms with Crippen molar-refractivity contribution in [1.82, 2.24) is 0 Å². The summed E-state index contributed by atoms with van der Waals surface area (Å²) in [5.41, 5.74) is 4.20. The summed E-state index contributed by atoms with van der Waals surface area (Å²) in [6.45, 7) is 6.80. The summed E-state index contributed by atoms with van der Waals surface area (Å²) in [5.74, 6) is -0.799. The minimum atomic E-state index is -0.795. The van der Waals surface area contributed by atoms with Gasteiger partial charge in [-0.15, -0.1) is 0 Å². The van der Waals surface area contributed by atoms with Crippen LogP contribution in [0.4, 0.5) is 0 Å². The molecule has 0 aromatic heterocycles. The Morgan fingerprint density at radius 1 is 1.42 bits per heavy atom. The van der Waals surface area contributed by atoms with E-state index in [4.69, 9.17) is 9.47 Å². The largest absolute Gasteiger partial charge is 0.425 e. The molecule has 19 heavy (non-hydrogen) atoms. The third-order valence-electron chi connectivity index (χ3n) is 5.57. The highest BCUT2D eigenvalue weighted by Gasteiger charge is 2.55. The first-order valence-electron chi connectivity index (χ1n) is 7.07. The molecule has 0 radical (unpaired) electrons. The van der Waals surface area contributed by atoms with Crippen molar-refractivity contribution in [2.75, 3.05) is 7.11 Å². The summed E-state index contributed by atoms with van der Waals surface area (Å²) in [6.07, 6.45) is 5.60. The Labute approximate surface area is 114 Å². The molecule has 1 aliphatic heterocycles. The Morgan fingerprint density at radius 3 is 2.84 bits per heavy atom. The number of hydrogen-bond donors (Lipinski definition) is 0. The van der Waals surface area contributed by atoms with Gasteiger partial charge in [0.1, 0.15) is 0 Å². The van der Waals surface area contributed by atoms with Crippen molar-refractivity contribution in [3.05, 3.63) is 22.8 Å². The van der Waals surface area contributed by atoms with Crippen molar-refractivity contribution < 1.29 is 14.3 Å². The minimum absolute atomic E-state index is 0.218. The molecule has 0 N–H and O–H groups in total. The summed E-state index contributed by atoms with van der Waals surface area (Å²) in [4.78, 5) is 11.7. The van der Waals surface area contributed by atoms with Gasteiger partial charge in [-0.1, -0.05) is 18.1 Å². The topological polar surface area (TPSA) is 35.5 Å². The summed E-state index contributed by atoms with van der Waals surface area (Å²) in [7, 11) is 1.66. The van der Waals surface area contributed by atoms with Crippen LogP contribution in [0, 0.1) is 11.3 Å². The Morgan fingerprint density at radius 2 is 2.16 bits per heavy atom. The normalized spacial score (nSPS) is 41.6. The number of rotatable bonds is 1. The summed E-state index contributed by atoms with van der Waals surface area (Å²) < 4.78 is 11.4. The first kappa shape index (κ1) is 12.9. The van der Waals surface area contributed by atoms with Gasteiger partial charge in [0, 0.05) is 24.7 Å². The lowest BCUT2D eigenvalue weighted by Gasteiger charge is -2.43. The smallest absolute Gasteiger partial charge is 0.333 e. The molecule has 0 spiro atoms. The highest BCUT2D eigenvalue weighted by Crippen LogP contribution is 2.56. The molecule has 1 saturated carbocycles. The lowest BCUT2D eigenvalue weighted by molar-refractivity contribution is -0.216. The van der Waals surface area contributed by atoms with Crippen LogP contribution >= 0.6 is 0 Å². The second-order valence-corrected chi connectivity index (χ2v) is 6.53. The second-order valence-electron chi connectivity index (χ2n) is 6.53. The zero-order valence-corrected chi connectivity index (χ0v) is 12.2. The van der Waals surface area contributed by atoms with Crippen LogP contribution < -0.4 is 0 Å². The van der Waals surface area contributed by atoms with Crippen molar-refractivity contribution in [3.8, 4) is 0 Å². The predicted molar refractivity (Wildman–Crippen MR) is 72.4 cm³/mol. The molecule has 3 atom stereocenters. The minimum Gasteiger partial charge on any atom is -0.425 e. The lowest BCUT2D eigenvalue weighted by atomic mass is 9.66. The molecule has 3 heteroatoms. The summed E-state index contributed by atoms with van der Waals surface area (Å²) in [6, 6.07) is 0. The fraction of sp³-hybridized carbons (Fsp3) is 0.688. The molecule has 0 amide bonds. The highest BCUT2D eigenvalue weighted by molar-refractivity contribution is 5.86. The van der Waals surface area contributed by atoms with Gasteiger partial charge >= 0.3 is 5.97 Å².